The number of nitrogens with zero attached hydrogens (tertiary/aromatic N) is 1. The van der Waals surface area contributed by atoms with Crippen molar-refractivity contribution in [2.24, 2.45) is 0 Å². The minimum atomic E-state index is 0.0446. The number of hydrogen-bond donors (Lipinski definition) is 0. The van der Waals surface area contributed by atoms with Gasteiger partial charge in [-0.2, -0.15) is 0 Å². The molecule has 0 fully saturated rings. The van der Waals surface area contributed by atoms with E-state index in [4.69, 9.17) is 4.74 Å². The maximum atomic E-state index is 11.3. The van der Waals surface area contributed by atoms with E-state index in [0.717, 1.165) is 5.56 Å². The molecule has 0 bridgehead atoms. The largest absolute Gasteiger partial charge is 0.493 e. The average Bonchev–Trinajstić information content (AvgIpc) is 2.30. The van der Waals surface area contributed by atoms with Crippen LogP contribution in [0, 0.1) is 0 Å². The highest BCUT2D eigenvalue weighted by Gasteiger charge is 2.04. The van der Waals surface area contributed by atoms with Gasteiger partial charge in [0.2, 0.25) is 5.91 Å². The molecular formula is C14H19NO3. The molecule has 0 heterocycles. The Morgan fingerprint density at radius 3 is 2.28 bits per heavy atom. The molecule has 0 aromatic heterocycles. The second-order valence-corrected chi connectivity index (χ2v) is 4.41. The first-order valence-electron chi connectivity index (χ1n) is 5.90. The summed E-state index contributed by atoms with van der Waals surface area (Å²) in [6.07, 6.45) is 0.807. The standard InChI is InChI=1S/C14H19NO3/c1-11(16)10-12-4-6-13(7-5-12)18-9-8-14(17)15(2)3/h4-7H,8-10H2,1-3H3. The van der Waals surface area contributed by atoms with Crippen LogP contribution in [-0.4, -0.2) is 37.3 Å². The molecule has 4 nitrogen and oxygen atoms in total. The molecule has 0 aliphatic rings. The van der Waals surface area contributed by atoms with Crippen molar-refractivity contribution >= 4 is 11.7 Å². The van der Waals surface area contributed by atoms with Gasteiger partial charge in [0.05, 0.1) is 13.0 Å². The summed E-state index contributed by atoms with van der Waals surface area (Å²) in [5.41, 5.74) is 0.971. The van der Waals surface area contributed by atoms with Crippen molar-refractivity contribution in [3.8, 4) is 5.75 Å². The van der Waals surface area contributed by atoms with Gasteiger partial charge in [-0.25, -0.2) is 0 Å². The molecule has 0 aliphatic heterocycles. The lowest BCUT2D eigenvalue weighted by molar-refractivity contribution is -0.129. The summed E-state index contributed by atoms with van der Waals surface area (Å²) in [6.45, 7) is 1.93. The zero-order chi connectivity index (χ0) is 13.5. The topological polar surface area (TPSA) is 46.6 Å². The summed E-state index contributed by atoms with van der Waals surface area (Å²) in [6, 6.07) is 7.37. The van der Waals surface area contributed by atoms with Crippen LogP contribution in [0.25, 0.3) is 0 Å². The van der Waals surface area contributed by atoms with E-state index in [1.807, 2.05) is 24.3 Å². The van der Waals surface area contributed by atoms with Crippen molar-refractivity contribution in [2.75, 3.05) is 20.7 Å². The van der Waals surface area contributed by atoms with E-state index in [0.29, 0.717) is 25.2 Å². The van der Waals surface area contributed by atoms with Crippen LogP contribution in [0.1, 0.15) is 18.9 Å². The number of benzene rings is 1. The summed E-state index contributed by atoms with van der Waals surface area (Å²) in [7, 11) is 3.44. The molecule has 0 saturated heterocycles. The van der Waals surface area contributed by atoms with Gasteiger partial charge in [0.1, 0.15) is 11.5 Å². The summed E-state index contributed by atoms with van der Waals surface area (Å²) >= 11 is 0. The maximum absolute atomic E-state index is 11.3. The van der Waals surface area contributed by atoms with E-state index in [1.165, 1.54) is 0 Å². The normalized spacial score (nSPS) is 9.94. The molecule has 0 saturated carbocycles. The van der Waals surface area contributed by atoms with E-state index in [1.54, 1.807) is 25.9 Å². The molecule has 4 heteroatoms. The maximum Gasteiger partial charge on any atom is 0.225 e. The van der Waals surface area contributed by atoms with Crippen LogP contribution in [0.5, 0.6) is 5.75 Å². The minimum Gasteiger partial charge on any atom is -0.493 e. The highest BCUT2D eigenvalue weighted by Crippen LogP contribution is 2.13. The predicted octanol–water partition coefficient (Wildman–Crippen LogP) is 1.68. The Balaban J connectivity index is 2.39. The highest BCUT2D eigenvalue weighted by atomic mass is 16.5. The van der Waals surface area contributed by atoms with Crippen LogP contribution >= 0.6 is 0 Å². The fourth-order valence-electron chi connectivity index (χ4n) is 1.47. The van der Waals surface area contributed by atoms with Crippen LogP contribution in [0.3, 0.4) is 0 Å². The van der Waals surface area contributed by atoms with Crippen LogP contribution in [0.15, 0.2) is 24.3 Å². The van der Waals surface area contributed by atoms with Crippen molar-refractivity contribution in [1.82, 2.24) is 4.90 Å². The van der Waals surface area contributed by atoms with Crippen LogP contribution in [-0.2, 0) is 16.0 Å². The lowest BCUT2D eigenvalue weighted by Gasteiger charge is -2.11. The van der Waals surface area contributed by atoms with E-state index < -0.39 is 0 Å². The first kappa shape index (κ1) is 14.2. The monoisotopic (exact) mass is 249 g/mol. The van der Waals surface area contributed by atoms with Crippen molar-refractivity contribution in [1.29, 1.82) is 0 Å². The quantitative estimate of drug-likeness (QED) is 0.770. The Bertz CT molecular complexity index is 410. The molecular weight excluding hydrogens is 230 g/mol. The Kier molecular flexibility index (Phi) is 5.36. The zero-order valence-electron chi connectivity index (χ0n) is 11.1. The molecule has 1 aromatic rings. The van der Waals surface area contributed by atoms with Gasteiger partial charge in [-0.1, -0.05) is 12.1 Å². The number of carbonyl (C=O) groups is 2. The van der Waals surface area contributed by atoms with E-state index in [2.05, 4.69) is 0 Å². The Labute approximate surface area is 108 Å². The molecule has 98 valence electrons. The second-order valence-electron chi connectivity index (χ2n) is 4.41. The van der Waals surface area contributed by atoms with Gasteiger partial charge in [0.15, 0.2) is 0 Å². The van der Waals surface area contributed by atoms with E-state index >= 15 is 0 Å². The van der Waals surface area contributed by atoms with Crippen molar-refractivity contribution in [3.05, 3.63) is 29.8 Å². The minimum absolute atomic E-state index is 0.0446. The summed E-state index contributed by atoms with van der Waals surface area (Å²) in [5.74, 6) is 0.900. The van der Waals surface area contributed by atoms with Gasteiger partial charge < -0.3 is 9.64 Å². The van der Waals surface area contributed by atoms with E-state index in [-0.39, 0.29) is 11.7 Å². The van der Waals surface area contributed by atoms with Gasteiger partial charge in [-0.15, -0.1) is 0 Å². The Morgan fingerprint density at radius 1 is 1.17 bits per heavy atom. The molecule has 0 aliphatic carbocycles. The molecule has 1 rings (SSSR count). The molecule has 18 heavy (non-hydrogen) atoms. The van der Waals surface area contributed by atoms with E-state index in [9.17, 15) is 9.59 Å². The van der Waals surface area contributed by atoms with Gasteiger partial charge >= 0.3 is 0 Å². The molecule has 0 unspecified atom stereocenters. The Morgan fingerprint density at radius 2 is 1.78 bits per heavy atom. The lowest BCUT2D eigenvalue weighted by atomic mass is 10.1. The molecule has 0 N–H and O–H groups in total. The number of Topliss-reactive ketones (excluding diaryl/α,β-unsaturated/α-hetero) is 1. The fraction of sp³-hybridized carbons (Fsp3) is 0.429. The number of hydrogen-bond acceptors (Lipinski definition) is 3. The number of ether oxygens (including phenoxy) is 1. The summed E-state index contributed by atoms with van der Waals surface area (Å²) < 4.78 is 5.45. The molecule has 1 aromatic carbocycles. The van der Waals surface area contributed by atoms with Gasteiger partial charge in [-0.3, -0.25) is 9.59 Å². The number of carbonyl (C=O) groups excluding carboxylic acids is 2. The third-order valence-corrected chi connectivity index (χ3v) is 2.46. The van der Waals surface area contributed by atoms with Crippen LogP contribution in [0.2, 0.25) is 0 Å². The molecule has 0 atom stereocenters. The third kappa shape index (κ3) is 4.99. The van der Waals surface area contributed by atoms with Crippen molar-refractivity contribution in [3.63, 3.8) is 0 Å². The Hall–Kier alpha value is -1.84. The van der Waals surface area contributed by atoms with Crippen LogP contribution < -0.4 is 4.74 Å². The van der Waals surface area contributed by atoms with Gasteiger partial charge in [0.25, 0.3) is 0 Å². The fourth-order valence-corrected chi connectivity index (χ4v) is 1.47. The first-order valence-corrected chi connectivity index (χ1v) is 5.90. The smallest absolute Gasteiger partial charge is 0.225 e. The average molecular weight is 249 g/mol. The SMILES string of the molecule is CC(=O)Cc1ccc(OCCC(=O)N(C)C)cc1. The lowest BCUT2D eigenvalue weighted by Crippen LogP contribution is -2.23. The number of rotatable bonds is 6. The summed E-state index contributed by atoms with van der Waals surface area (Å²) in [4.78, 5) is 23.8. The zero-order valence-corrected chi connectivity index (χ0v) is 11.1. The van der Waals surface area contributed by atoms with Gasteiger partial charge in [-0.05, 0) is 24.6 Å². The van der Waals surface area contributed by atoms with Crippen LogP contribution in [0.4, 0.5) is 0 Å². The summed E-state index contributed by atoms with van der Waals surface area (Å²) in [5, 5.41) is 0. The molecule has 0 radical (unpaired) electrons. The first-order chi connectivity index (χ1) is 8.49. The van der Waals surface area contributed by atoms with Crippen molar-refractivity contribution in [2.45, 2.75) is 19.8 Å². The third-order valence-electron chi connectivity index (χ3n) is 2.46. The highest BCUT2D eigenvalue weighted by molar-refractivity contribution is 5.78. The number of amides is 1. The second kappa shape index (κ2) is 6.79. The molecule has 1 amide bonds. The number of ketones is 1. The molecule has 0 spiro atoms. The van der Waals surface area contributed by atoms with Crippen molar-refractivity contribution < 1.29 is 14.3 Å². The predicted molar refractivity (Wildman–Crippen MR) is 69.6 cm³/mol. The van der Waals surface area contributed by atoms with Gasteiger partial charge in [0, 0.05) is 20.5 Å².